The van der Waals surface area contributed by atoms with E-state index in [1.165, 1.54) is 23.3 Å². The molecule has 8 nitrogen and oxygen atoms in total. The lowest BCUT2D eigenvalue weighted by atomic mass is 10.0. The van der Waals surface area contributed by atoms with Gasteiger partial charge in [0.05, 0.1) is 11.5 Å². The lowest BCUT2D eigenvalue weighted by Crippen LogP contribution is -2.45. The molecular formula is C21H23N5O3. The van der Waals surface area contributed by atoms with E-state index in [1.807, 2.05) is 0 Å². The average Bonchev–Trinajstić information content (AvgIpc) is 3.23. The van der Waals surface area contributed by atoms with Gasteiger partial charge in [-0.25, -0.2) is 0 Å². The second-order valence-electron chi connectivity index (χ2n) is 7.10. The molecule has 1 aliphatic heterocycles. The normalized spacial score (nSPS) is 17.3. The number of aryl methyl sites for hydroxylation is 1. The summed E-state index contributed by atoms with van der Waals surface area (Å²) in [5, 5.41) is 18.3. The van der Waals surface area contributed by atoms with Crippen LogP contribution < -0.4 is 5.32 Å². The fraction of sp³-hybridized carbons (Fsp3) is 0.333. The highest BCUT2D eigenvalue weighted by Crippen LogP contribution is 2.25. The summed E-state index contributed by atoms with van der Waals surface area (Å²) in [5.41, 5.74) is 3.33. The second-order valence-corrected chi connectivity index (χ2v) is 7.10. The van der Waals surface area contributed by atoms with Crippen LogP contribution in [0.3, 0.4) is 0 Å². The summed E-state index contributed by atoms with van der Waals surface area (Å²) in [6.45, 7) is 5.38. The van der Waals surface area contributed by atoms with Gasteiger partial charge in [-0.2, -0.15) is 4.98 Å². The number of hydrogen-bond acceptors (Lipinski definition) is 7. The van der Waals surface area contributed by atoms with E-state index in [4.69, 9.17) is 4.52 Å². The van der Waals surface area contributed by atoms with Crippen LogP contribution in [-0.2, 0) is 13.0 Å². The molecule has 0 radical (unpaired) electrons. The number of nitro groups is 1. The predicted octanol–water partition coefficient (Wildman–Crippen LogP) is 3.35. The molecule has 0 saturated carbocycles. The van der Waals surface area contributed by atoms with Crippen molar-refractivity contribution >= 4 is 5.69 Å². The maximum absolute atomic E-state index is 10.8. The van der Waals surface area contributed by atoms with Crippen molar-refractivity contribution < 1.29 is 9.45 Å². The highest BCUT2D eigenvalue weighted by Gasteiger charge is 2.25. The first kappa shape index (κ1) is 19.2. The number of nitro benzene ring substituents is 1. The average molecular weight is 393 g/mol. The van der Waals surface area contributed by atoms with Crippen molar-refractivity contribution in [2.75, 3.05) is 19.6 Å². The third-order valence-electron chi connectivity index (χ3n) is 5.27. The molecule has 2 heterocycles. The molecule has 4 rings (SSSR count). The lowest BCUT2D eigenvalue weighted by molar-refractivity contribution is -0.384. The van der Waals surface area contributed by atoms with E-state index in [1.54, 1.807) is 12.1 Å². The van der Waals surface area contributed by atoms with Gasteiger partial charge in [-0.3, -0.25) is 15.0 Å². The monoisotopic (exact) mass is 393 g/mol. The van der Waals surface area contributed by atoms with Crippen LogP contribution in [0.2, 0.25) is 0 Å². The minimum atomic E-state index is -0.428. The topological polar surface area (TPSA) is 97.3 Å². The molecule has 1 aromatic heterocycles. The van der Waals surface area contributed by atoms with Crippen molar-refractivity contribution in [3.63, 3.8) is 0 Å². The molecule has 0 amide bonds. The Morgan fingerprint density at radius 2 is 1.97 bits per heavy atom. The van der Waals surface area contributed by atoms with Crippen LogP contribution in [0.5, 0.6) is 0 Å². The standard InChI is InChI=1S/C21H23N5O3/c1-2-15-3-5-16(6-4-15)19-13-22-11-12-25(19)14-20-23-21(24-29-20)17-7-9-18(10-8-17)26(27)28/h3-10,19,22H,2,11-14H2,1H3. The first-order valence-electron chi connectivity index (χ1n) is 9.75. The number of nitrogens with zero attached hydrogens (tertiary/aromatic N) is 4. The number of benzene rings is 2. The fourth-order valence-corrected chi connectivity index (χ4v) is 3.58. The second kappa shape index (κ2) is 8.50. The molecule has 2 aromatic carbocycles. The number of non-ortho nitro benzene ring substituents is 1. The maximum Gasteiger partial charge on any atom is 0.269 e. The molecule has 1 unspecified atom stereocenters. The van der Waals surface area contributed by atoms with Gasteiger partial charge >= 0.3 is 0 Å². The first-order chi connectivity index (χ1) is 14.1. The van der Waals surface area contributed by atoms with Crippen LogP contribution in [0, 0.1) is 10.1 Å². The van der Waals surface area contributed by atoms with Gasteiger partial charge in [0.2, 0.25) is 11.7 Å². The summed E-state index contributed by atoms with van der Waals surface area (Å²) in [5.74, 6) is 0.976. The molecule has 1 atom stereocenters. The minimum absolute atomic E-state index is 0.0372. The van der Waals surface area contributed by atoms with Crippen molar-refractivity contribution in [1.29, 1.82) is 0 Å². The van der Waals surface area contributed by atoms with Crippen molar-refractivity contribution in [3.05, 3.63) is 75.7 Å². The van der Waals surface area contributed by atoms with Crippen LogP contribution in [0.1, 0.15) is 30.0 Å². The minimum Gasteiger partial charge on any atom is -0.338 e. The lowest BCUT2D eigenvalue weighted by Gasteiger charge is -2.35. The zero-order valence-corrected chi connectivity index (χ0v) is 16.2. The van der Waals surface area contributed by atoms with Crippen LogP contribution in [-0.4, -0.2) is 39.6 Å². The van der Waals surface area contributed by atoms with Crippen LogP contribution >= 0.6 is 0 Å². The summed E-state index contributed by atoms with van der Waals surface area (Å²) in [7, 11) is 0. The molecule has 29 heavy (non-hydrogen) atoms. The van der Waals surface area contributed by atoms with Gasteiger partial charge in [-0.15, -0.1) is 0 Å². The molecule has 150 valence electrons. The van der Waals surface area contributed by atoms with E-state index >= 15 is 0 Å². The maximum atomic E-state index is 10.8. The molecule has 1 aliphatic rings. The van der Waals surface area contributed by atoms with Gasteiger partial charge in [-0.1, -0.05) is 36.3 Å². The first-order valence-corrected chi connectivity index (χ1v) is 9.75. The molecule has 0 aliphatic carbocycles. The van der Waals surface area contributed by atoms with Gasteiger partial charge in [0.15, 0.2) is 0 Å². The van der Waals surface area contributed by atoms with Crippen molar-refractivity contribution in [3.8, 4) is 11.4 Å². The smallest absolute Gasteiger partial charge is 0.269 e. The highest BCUT2D eigenvalue weighted by molar-refractivity contribution is 5.56. The fourth-order valence-electron chi connectivity index (χ4n) is 3.58. The van der Waals surface area contributed by atoms with E-state index in [2.05, 4.69) is 51.5 Å². The number of hydrogen-bond donors (Lipinski definition) is 1. The van der Waals surface area contributed by atoms with Gasteiger partial charge in [0, 0.05) is 43.4 Å². The van der Waals surface area contributed by atoms with E-state index < -0.39 is 4.92 Å². The van der Waals surface area contributed by atoms with Crippen LogP contribution in [0.4, 0.5) is 5.69 Å². The van der Waals surface area contributed by atoms with Gasteiger partial charge in [0.1, 0.15) is 0 Å². The Kier molecular flexibility index (Phi) is 5.64. The molecule has 1 fully saturated rings. The molecule has 3 aromatic rings. The summed E-state index contributed by atoms with van der Waals surface area (Å²) >= 11 is 0. The quantitative estimate of drug-likeness (QED) is 0.506. The Balaban J connectivity index is 1.49. The molecule has 0 bridgehead atoms. The summed E-state index contributed by atoms with van der Waals surface area (Å²) in [4.78, 5) is 17.2. The van der Waals surface area contributed by atoms with E-state index in [-0.39, 0.29) is 11.7 Å². The largest absolute Gasteiger partial charge is 0.338 e. The third kappa shape index (κ3) is 4.33. The summed E-state index contributed by atoms with van der Waals surface area (Å²) in [6.07, 6.45) is 1.03. The van der Waals surface area contributed by atoms with Gasteiger partial charge < -0.3 is 9.84 Å². The number of rotatable bonds is 6. The Morgan fingerprint density at radius 1 is 1.21 bits per heavy atom. The number of piperazine rings is 1. The Hall–Kier alpha value is -3.10. The van der Waals surface area contributed by atoms with E-state index in [0.717, 1.165) is 26.1 Å². The van der Waals surface area contributed by atoms with Crippen molar-refractivity contribution in [1.82, 2.24) is 20.4 Å². The summed E-state index contributed by atoms with van der Waals surface area (Å²) in [6, 6.07) is 15.1. The van der Waals surface area contributed by atoms with Gasteiger partial charge in [0.25, 0.3) is 5.69 Å². The van der Waals surface area contributed by atoms with E-state index in [0.29, 0.717) is 23.8 Å². The molecule has 1 N–H and O–H groups in total. The van der Waals surface area contributed by atoms with Crippen LogP contribution in [0.25, 0.3) is 11.4 Å². The van der Waals surface area contributed by atoms with Crippen molar-refractivity contribution in [2.24, 2.45) is 0 Å². The van der Waals surface area contributed by atoms with Crippen LogP contribution in [0.15, 0.2) is 53.1 Å². The SMILES string of the molecule is CCc1ccc(C2CNCCN2Cc2nc(-c3ccc([N+](=O)[O-])cc3)no2)cc1. The molecule has 0 spiro atoms. The summed E-state index contributed by atoms with van der Waals surface area (Å²) < 4.78 is 5.46. The molecule has 1 saturated heterocycles. The van der Waals surface area contributed by atoms with Gasteiger partial charge in [-0.05, 0) is 29.7 Å². The number of nitrogens with one attached hydrogen (secondary N) is 1. The molecule has 8 heteroatoms. The molecular weight excluding hydrogens is 370 g/mol. The third-order valence-corrected chi connectivity index (χ3v) is 5.27. The van der Waals surface area contributed by atoms with E-state index in [9.17, 15) is 10.1 Å². The predicted molar refractivity (Wildman–Crippen MR) is 108 cm³/mol. The zero-order chi connectivity index (χ0) is 20.2. The Morgan fingerprint density at radius 3 is 2.66 bits per heavy atom. The Labute approximate surface area is 168 Å². The number of aromatic nitrogens is 2. The highest BCUT2D eigenvalue weighted by atomic mass is 16.6. The Bertz CT molecular complexity index is 969. The zero-order valence-electron chi connectivity index (χ0n) is 16.2. The van der Waals surface area contributed by atoms with Crippen molar-refractivity contribution in [2.45, 2.75) is 25.9 Å².